The summed E-state index contributed by atoms with van der Waals surface area (Å²) in [4.78, 5) is 15.4. The van der Waals surface area contributed by atoms with Crippen LogP contribution in [0.3, 0.4) is 0 Å². The molecule has 1 amide bonds. The summed E-state index contributed by atoms with van der Waals surface area (Å²) >= 11 is 3.09. The highest BCUT2D eigenvalue weighted by Gasteiger charge is 2.16. The monoisotopic (exact) mass is 400 g/mol. The van der Waals surface area contributed by atoms with Crippen LogP contribution in [0, 0.1) is 0 Å². The molecule has 0 spiro atoms. The third-order valence-electron chi connectivity index (χ3n) is 4.38. The van der Waals surface area contributed by atoms with Crippen LogP contribution in [0.25, 0.3) is 10.7 Å². The molecule has 0 aliphatic rings. The fourth-order valence-corrected chi connectivity index (χ4v) is 4.41. The Balaban J connectivity index is 1.60. The molecule has 0 saturated heterocycles. The Labute approximate surface area is 168 Å². The van der Waals surface area contributed by atoms with Crippen LogP contribution in [0.5, 0.6) is 0 Å². The number of thioether (sulfide) groups is 1. The molecule has 1 aromatic carbocycles. The number of rotatable bonds is 8. The van der Waals surface area contributed by atoms with E-state index in [4.69, 9.17) is 0 Å². The molecule has 7 heteroatoms. The number of hydrogen-bond acceptors (Lipinski definition) is 5. The summed E-state index contributed by atoms with van der Waals surface area (Å²) in [6, 6.07) is 12.5. The van der Waals surface area contributed by atoms with Gasteiger partial charge in [0.15, 0.2) is 11.0 Å². The van der Waals surface area contributed by atoms with Crippen LogP contribution in [0.4, 0.5) is 0 Å². The van der Waals surface area contributed by atoms with Crippen molar-refractivity contribution < 1.29 is 4.79 Å². The lowest BCUT2D eigenvalue weighted by atomic mass is 10.1. The van der Waals surface area contributed by atoms with Gasteiger partial charge in [-0.3, -0.25) is 4.79 Å². The zero-order chi connectivity index (χ0) is 19.2. The van der Waals surface area contributed by atoms with Gasteiger partial charge in [-0.25, -0.2) is 0 Å². The van der Waals surface area contributed by atoms with Gasteiger partial charge < -0.3 is 9.47 Å². The van der Waals surface area contributed by atoms with Crippen molar-refractivity contribution in [2.45, 2.75) is 38.5 Å². The first-order valence-electron chi connectivity index (χ1n) is 9.04. The molecule has 5 nitrogen and oxygen atoms in total. The minimum atomic E-state index is 0.0860. The highest BCUT2D eigenvalue weighted by atomic mass is 32.2. The van der Waals surface area contributed by atoms with E-state index in [-0.39, 0.29) is 5.91 Å². The van der Waals surface area contributed by atoms with E-state index in [2.05, 4.69) is 52.9 Å². The molecule has 2 heterocycles. The average Bonchev–Trinajstić information content (AvgIpc) is 3.35. The minimum absolute atomic E-state index is 0.0860. The smallest absolute Gasteiger partial charge is 0.233 e. The molecule has 2 aromatic heterocycles. The van der Waals surface area contributed by atoms with E-state index in [1.54, 1.807) is 16.2 Å². The Morgan fingerprint density at radius 3 is 2.52 bits per heavy atom. The quantitative estimate of drug-likeness (QED) is 0.528. The number of benzene rings is 1. The normalized spacial score (nSPS) is 10.9. The van der Waals surface area contributed by atoms with Gasteiger partial charge in [-0.15, -0.1) is 21.5 Å². The maximum atomic E-state index is 12.5. The van der Waals surface area contributed by atoms with Crippen LogP contribution in [0.15, 0.2) is 46.9 Å². The molecule has 3 rings (SSSR count). The first kappa shape index (κ1) is 19.6. The first-order valence-corrected chi connectivity index (χ1v) is 10.9. The Morgan fingerprint density at radius 2 is 1.89 bits per heavy atom. The standard InChI is InChI=1S/C20H24N4OS2/c1-4-15-8-10-16(11-9-15)13-23(3)18(25)14-27-20-22-21-19(24(20)5-2)17-7-6-12-26-17/h6-12H,4-5,13-14H2,1-3H3. The van der Waals surface area contributed by atoms with Gasteiger partial charge in [0, 0.05) is 20.1 Å². The average molecular weight is 401 g/mol. The molecule has 0 fully saturated rings. The summed E-state index contributed by atoms with van der Waals surface area (Å²) in [7, 11) is 1.85. The van der Waals surface area contributed by atoms with Crippen LogP contribution in [-0.4, -0.2) is 38.4 Å². The Kier molecular flexibility index (Phi) is 6.68. The highest BCUT2D eigenvalue weighted by Crippen LogP contribution is 2.27. The number of carbonyl (C=O) groups is 1. The summed E-state index contributed by atoms with van der Waals surface area (Å²) < 4.78 is 2.06. The fraction of sp³-hybridized carbons (Fsp3) is 0.350. The van der Waals surface area contributed by atoms with Crippen LogP contribution in [-0.2, 0) is 24.3 Å². The van der Waals surface area contributed by atoms with Crippen LogP contribution in [0.1, 0.15) is 25.0 Å². The second-order valence-electron chi connectivity index (χ2n) is 6.24. The van der Waals surface area contributed by atoms with Crippen LogP contribution >= 0.6 is 23.1 Å². The largest absolute Gasteiger partial charge is 0.341 e. The molecule has 0 N–H and O–H groups in total. The van der Waals surface area contributed by atoms with Crippen molar-refractivity contribution in [2.75, 3.05) is 12.8 Å². The predicted molar refractivity (Wildman–Crippen MR) is 112 cm³/mol. The highest BCUT2D eigenvalue weighted by molar-refractivity contribution is 7.99. The summed E-state index contributed by atoms with van der Waals surface area (Å²) in [6.45, 7) is 5.60. The van der Waals surface area contributed by atoms with Crippen molar-refractivity contribution in [3.05, 3.63) is 52.9 Å². The van der Waals surface area contributed by atoms with Gasteiger partial charge in [0.2, 0.25) is 5.91 Å². The lowest BCUT2D eigenvalue weighted by Crippen LogP contribution is -2.27. The summed E-state index contributed by atoms with van der Waals surface area (Å²) in [5.41, 5.74) is 2.45. The summed E-state index contributed by atoms with van der Waals surface area (Å²) in [5.74, 6) is 1.31. The topological polar surface area (TPSA) is 51.0 Å². The van der Waals surface area contributed by atoms with Gasteiger partial charge in [0.25, 0.3) is 0 Å². The van der Waals surface area contributed by atoms with Gasteiger partial charge in [0.1, 0.15) is 0 Å². The lowest BCUT2D eigenvalue weighted by molar-refractivity contribution is -0.127. The maximum Gasteiger partial charge on any atom is 0.233 e. The number of hydrogen-bond donors (Lipinski definition) is 0. The molecule has 0 saturated carbocycles. The van der Waals surface area contributed by atoms with Crippen molar-refractivity contribution in [3.8, 4) is 10.7 Å². The summed E-state index contributed by atoms with van der Waals surface area (Å²) in [6.07, 6.45) is 1.03. The van der Waals surface area contributed by atoms with E-state index in [9.17, 15) is 4.79 Å². The Hall–Kier alpha value is -2.12. The number of nitrogens with zero attached hydrogens (tertiary/aromatic N) is 4. The third kappa shape index (κ3) is 4.78. The fourth-order valence-electron chi connectivity index (χ4n) is 2.75. The molecular weight excluding hydrogens is 376 g/mol. The number of aryl methyl sites for hydroxylation is 1. The zero-order valence-electron chi connectivity index (χ0n) is 15.9. The second kappa shape index (κ2) is 9.19. The predicted octanol–water partition coefficient (Wildman–Crippen LogP) is 4.34. The van der Waals surface area contributed by atoms with E-state index in [0.29, 0.717) is 12.3 Å². The molecule has 0 aliphatic carbocycles. The zero-order valence-corrected chi connectivity index (χ0v) is 17.5. The molecule has 142 valence electrons. The van der Waals surface area contributed by atoms with Crippen molar-refractivity contribution >= 4 is 29.0 Å². The maximum absolute atomic E-state index is 12.5. The van der Waals surface area contributed by atoms with Gasteiger partial charge in [-0.05, 0) is 35.9 Å². The van der Waals surface area contributed by atoms with E-state index in [1.165, 1.54) is 17.3 Å². The molecule has 27 heavy (non-hydrogen) atoms. The number of thiophene rings is 1. The van der Waals surface area contributed by atoms with E-state index < -0.39 is 0 Å². The Morgan fingerprint density at radius 1 is 1.15 bits per heavy atom. The van der Waals surface area contributed by atoms with Crippen molar-refractivity contribution in [1.82, 2.24) is 19.7 Å². The molecule has 0 bridgehead atoms. The van der Waals surface area contributed by atoms with E-state index >= 15 is 0 Å². The number of aromatic nitrogens is 3. The molecule has 0 aliphatic heterocycles. The minimum Gasteiger partial charge on any atom is -0.341 e. The van der Waals surface area contributed by atoms with Gasteiger partial charge in [0.05, 0.1) is 10.6 Å². The van der Waals surface area contributed by atoms with E-state index in [1.807, 2.05) is 24.6 Å². The third-order valence-corrected chi connectivity index (χ3v) is 6.19. The Bertz CT molecular complexity index is 872. The summed E-state index contributed by atoms with van der Waals surface area (Å²) in [5, 5.41) is 11.4. The molecule has 0 radical (unpaired) electrons. The van der Waals surface area contributed by atoms with Crippen LogP contribution in [0.2, 0.25) is 0 Å². The van der Waals surface area contributed by atoms with Crippen molar-refractivity contribution in [2.24, 2.45) is 0 Å². The molecule has 0 atom stereocenters. The number of amides is 1. The molecular formula is C20H24N4OS2. The molecule has 3 aromatic rings. The molecule has 0 unspecified atom stereocenters. The first-order chi connectivity index (χ1) is 13.1. The van der Waals surface area contributed by atoms with Crippen LogP contribution < -0.4 is 0 Å². The van der Waals surface area contributed by atoms with Gasteiger partial charge in [-0.2, -0.15) is 0 Å². The second-order valence-corrected chi connectivity index (χ2v) is 8.13. The van der Waals surface area contributed by atoms with E-state index in [0.717, 1.165) is 34.4 Å². The number of carbonyl (C=O) groups excluding carboxylic acids is 1. The lowest BCUT2D eigenvalue weighted by Gasteiger charge is -2.17. The van der Waals surface area contributed by atoms with Gasteiger partial charge >= 0.3 is 0 Å². The van der Waals surface area contributed by atoms with Crippen molar-refractivity contribution in [1.29, 1.82) is 0 Å². The van der Waals surface area contributed by atoms with Crippen molar-refractivity contribution in [3.63, 3.8) is 0 Å². The SMILES string of the molecule is CCc1ccc(CN(C)C(=O)CSc2nnc(-c3cccs3)n2CC)cc1. The van der Waals surface area contributed by atoms with Gasteiger partial charge in [-0.1, -0.05) is 49.0 Å².